The predicted octanol–water partition coefficient (Wildman–Crippen LogP) is 1.49. The number of hydrogen-bond donors (Lipinski definition) is 1. The van der Waals surface area contributed by atoms with Crippen LogP contribution in [0, 0.1) is 10.1 Å². The molecule has 0 aliphatic heterocycles. The van der Waals surface area contributed by atoms with Gasteiger partial charge in [-0.3, -0.25) is 10.1 Å². The smallest absolute Gasteiger partial charge is 0.403 e. The molecule has 1 N–H and O–H groups in total. The molecule has 0 bridgehead atoms. The van der Waals surface area contributed by atoms with Crippen LogP contribution in [-0.4, -0.2) is 19.6 Å². The van der Waals surface area contributed by atoms with Gasteiger partial charge in [-0.15, -0.1) is 0 Å². The Hall–Kier alpha value is -2.15. The molecule has 7 nitrogen and oxygen atoms in total. The molecule has 0 fully saturated rings. The van der Waals surface area contributed by atoms with Crippen LogP contribution in [0.4, 0.5) is 5.88 Å². The Labute approximate surface area is 96.5 Å². The Morgan fingerprint density at radius 1 is 1.65 bits per heavy atom. The van der Waals surface area contributed by atoms with Gasteiger partial charge < -0.3 is 14.1 Å². The van der Waals surface area contributed by atoms with Gasteiger partial charge in [-0.25, -0.2) is 4.98 Å². The molecule has 2 heterocycles. The summed E-state index contributed by atoms with van der Waals surface area (Å²) in [6.07, 6.45) is 2.17. The van der Waals surface area contributed by atoms with Gasteiger partial charge in [-0.1, -0.05) is 0 Å². The normalized spacial score (nSPS) is 12.6. The fourth-order valence-corrected chi connectivity index (χ4v) is 1.55. The highest BCUT2D eigenvalue weighted by atomic mass is 16.6. The van der Waals surface area contributed by atoms with E-state index < -0.39 is 16.9 Å². The lowest BCUT2D eigenvalue weighted by atomic mass is 10.2. The Morgan fingerprint density at radius 3 is 3.00 bits per heavy atom. The third kappa shape index (κ3) is 2.04. The van der Waals surface area contributed by atoms with E-state index in [9.17, 15) is 15.2 Å². The number of aliphatic hydroxyl groups excluding tert-OH is 1. The zero-order chi connectivity index (χ0) is 12.4. The van der Waals surface area contributed by atoms with Crippen molar-refractivity contribution in [3.05, 3.63) is 46.2 Å². The summed E-state index contributed by atoms with van der Waals surface area (Å²) in [6.45, 7) is 2.55. The average molecular weight is 237 g/mol. The summed E-state index contributed by atoms with van der Waals surface area (Å²) >= 11 is 0. The summed E-state index contributed by atoms with van der Waals surface area (Å²) in [4.78, 5) is 13.8. The molecule has 2 aromatic heterocycles. The van der Waals surface area contributed by atoms with Gasteiger partial charge in [0.15, 0.2) is 6.10 Å². The maximum absolute atomic E-state index is 10.5. The van der Waals surface area contributed by atoms with Crippen molar-refractivity contribution < 1.29 is 14.4 Å². The second-order valence-electron chi connectivity index (χ2n) is 3.41. The number of hydrogen-bond acceptors (Lipinski definition) is 5. The largest absolute Gasteiger partial charge is 0.433 e. The minimum absolute atomic E-state index is 0.109. The fourth-order valence-electron chi connectivity index (χ4n) is 1.55. The van der Waals surface area contributed by atoms with E-state index in [0.717, 1.165) is 0 Å². The molecular weight excluding hydrogens is 226 g/mol. The fraction of sp³-hybridized carbons (Fsp3) is 0.300. The van der Waals surface area contributed by atoms with Crippen molar-refractivity contribution in [3.63, 3.8) is 0 Å². The molecule has 0 aliphatic carbocycles. The van der Waals surface area contributed by atoms with Gasteiger partial charge in [0.1, 0.15) is 16.5 Å². The zero-order valence-electron chi connectivity index (χ0n) is 9.11. The predicted molar refractivity (Wildman–Crippen MR) is 57.3 cm³/mol. The van der Waals surface area contributed by atoms with Crippen LogP contribution >= 0.6 is 0 Å². The Bertz CT molecular complexity index is 531. The summed E-state index contributed by atoms with van der Waals surface area (Å²) in [6, 6.07) is 2.58. The van der Waals surface area contributed by atoms with Gasteiger partial charge in [0.25, 0.3) is 0 Å². The third-order valence-electron chi connectivity index (χ3n) is 2.39. The van der Waals surface area contributed by atoms with Crippen LogP contribution in [0.3, 0.4) is 0 Å². The van der Waals surface area contributed by atoms with Crippen LogP contribution in [0.2, 0.25) is 0 Å². The highest BCUT2D eigenvalue weighted by Crippen LogP contribution is 2.25. The first-order valence-electron chi connectivity index (χ1n) is 5.06. The summed E-state index contributed by atoms with van der Waals surface area (Å²) in [5.74, 6) is 0.114. The van der Waals surface area contributed by atoms with E-state index in [4.69, 9.17) is 4.42 Å². The Balaban J connectivity index is 2.30. The number of aryl methyl sites for hydroxylation is 1. The number of imidazole rings is 1. The van der Waals surface area contributed by atoms with Crippen molar-refractivity contribution in [2.45, 2.75) is 19.6 Å². The van der Waals surface area contributed by atoms with Crippen LogP contribution in [0.25, 0.3) is 0 Å². The number of nitrogens with zero attached hydrogens (tertiary/aromatic N) is 3. The molecule has 7 heteroatoms. The number of aliphatic hydroxyl groups is 1. The van der Waals surface area contributed by atoms with E-state index >= 15 is 0 Å². The van der Waals surface area contributed by atoms with Crippen molar-refractivity contribution in [1.29, 1.82) is 0 Å². The molecule has 2 aromatic rings. The minimum atomic E-state index is -1.10. The van der Waals surface area contributed by atoms with E-state index in [-0.39, 0.29) is 5.76 Å². The van der Waals surface area contributed by atoms with Crippen LogP contribution in [0.15, 0.2) is 28.9 Å². The standard InChI is InChI=1S/C10H11N3O4/c1-2-12-6-5-11-10(12)9(14)7-3-4-8(17-7)13(15)16/h3-6,9,14H,2H2,1H3. The van der Waals surface area contributed by atoms with Gasteiger partial charge in [-0.05, 0) is 13.0 Å². The van der Waals surface area contributed by atoms with Crippen molar-refractivity contribution in [1.82, 2.24) is 9.55 Å². The summed E-state index contributed by atoms with van der Waals surface area (Å²) in [5, 5.41) is 20.4. The molecule has 17 heavy (non-hydrogen) atoms. The van der Waals surface area contributed by atoms with Crippen LogP contribution < -0.4 is 0 Å². The van der Waals surface area contributed by atoms with Gasteiger partial charge >= 0.3 is 5.88 Å². The maximum Gasteiger partial charge on any atom is 0.433 e. The molecule has 0 aliphatic rings. The molecule has 0 saturated heterocycles. The Morgan fingerprint density at radius 2 is 2.41 bits per heavy atom. The number of furan rings is 1. The molecule has 0 radical (unpaired) electrons. The molecule has 0 spiro atoms. The number of nitro groups is 1. The van der Waals surface area contributed by atoms with Gasteiger partial charge in [0.05, 0.1) is 6.07 Å². The van der Waals surface area contributed by atoms with Crippen molar-refractivity contribution in [2.24, 2.45) is 0 Å². The highest BCUT2D eigenvalue weighted by Gasteiger charge is 2.22. The van der Waals surface area contributed by atoms with E-state index in [1.54, 1.807) is 17.0 Å². The second-order valence-corrected chi connectivity index (χ2v) is 3.41. The first-order valence-corrected chi connectivity index (χ1v) is 5.06. The van der Waals surface area contributed by atoms with Gasteiger partial charge in [0.2, 0.25) is 0 Å². The molecule has 0 aromatic carbocycles. The Kier molecular flexibility index (Phi) is 2.92. The lowest BCUT2D eigenvalue weighted by molar-refractivity contribution is -0.402. The van der Waals surface area contributed by atoms with Crippen molar-refractivity contribution in [2.75, 3.05) is 0 Å². The van der Waals surface area contributed by atoms with Crippen LogP contribution in [0.5, 0.6) is 0 Å². The van der Waals surface area contributed by atoms with Crippen molar-refractivity contribution in [3.8, 4) is 0 Å². The van der Waals surface area contributed by atoms with Gasteiger partial charge in [-0.2, -0.15) is 0 Å². The SMILES string of the molecule is CCn1ccnc1C(O)c1ccc([N+](=O)[O-])o1. The maximum atomic E-state index is 10.5. The van der Waals surface area contributed by atoms with E-state index in [2.05, 4.69) is 4.98 Å². The molecular formula is C10H11N3O4. The molecule has 0 amide bonds. The summed E-state index contributed by atoms with van der Waals surface area (Å²) < 4.78 is 6.66. The minimum Gasteiger partial charge on any atom is -0.403 e. The molecule has 2 rings (SSSR count). The monoisotopic (exact) mass is 237 g/mol. The summed E-state index contributed by atoms with van der Waals surface area (Å²) in [7, 11) is 0. The third-order valence-corrected chi connectivity index (χ3v) is 2.39. The topological polar surface area (TPSA) is 94.3 Å². The number of rotatable bonds is 4. The number of aromatic nitrogens is 2. The van der Waals surface area contributed by atoms with E-state index in [1.807, 2.05) is 6.92 Å². The zero-order valence-corrected chi connectivity index (χ0v) is 9.11. The lowest BCUT2D eigenvalue weighted by Crippen LogP contribution is -2.08. The van der Waals surface area contributed by atoms with Crippen LogP contribution in [0.1, 0.15) is 24.6 Å². The van der Waals surface area contributed by atoms with Crippen LogP contribution in [-0.2, 0) is 6.54 Å². The molecule has 1 unspecified atom stereocenters. The molecule has 0 saturated carbocycles. The van der Waals surface area contributed by atoms with Gasteiger partial charge in [0, 0.05) is 18.9 Å². The summed E-state index contributed by atoms with van der Waals surface area (Å²) in [5.41, 5.74) is 0. The molecule has 90 valence electrons. The first-order chi connectivity index (χ1) is 8.13. The molecule has 1 atom stereocenters. The average Bonchev–Trinajstić information content (AvgIpc) is 2.96. The van der Waals surface area contributed by atoms with E-state index in [1.165, 1.54) is 12.1 Å². The first kappa shape index (κ1) is 11.3. The lowest BCUT2D eigenvalue weighted by Gasteiger charge is -2.08. The van der Waals surface area contributed by atoms with Crippen molar-refractivity contribution >= 4 is 5.88 Å². The van der Waals surface area contributed by atoms with E-state index in [0.29, 0.717) is 12.4 Å². The second kappa shape index (κ2) is 4.38. The highest BCUT2D eigenvalue weighted by molar-refractivity contribution is 5.22. The quantitative estimate of drug-likeness (QED) is 0.642.